The Labute approximate surface area is 158 Å². The highest BCUT2D eigenvalue weighted by Gasteiger charge is 2.26. The van der Waals surface area contributed by atoms with Gasteiger partial charge in [-0.15, -0.1) is 5.10 Å². The third-order valence-corrected chi connectivity index (χ3v) is 5.32. The summed E-state index contributed by atoms with van der Waals surface area (Å²) < 4.78 is 1.49. The van der Waals surface area contributed by atoms with Crippen molar-refractivity contribution in [1.82, 2.24) is 19.9 Å². The molecule has 1 aromatic carbocycles. The Bertz CT molecular complexity index is 794. The van der Waals surface area contributed by atoms with Crippen LogP contribution in [0.5, 0.6) is 0 Å². The maximum atomic E-state index is 12.5. The van der Waals surface area contributed by atoms with Crippen molar-refractivity contribution in [3.8, 4) is 0 Å². The number of carbonyl (C=O) groups is 2. The van der Waals surface area contributed by atoms with Gasteiger partial charge in [0.15, 0.2) is 5.82 Å². The van der Waals surface area contributed by atoms with Gasteiger partial charge < -0.3 is 15.1 Å². The predicted octanol–water partition coefficient (Wildman–Crippen LogP) is 1.37. The molecule has 1 saturated carbocycles. The minimum Gasteiger partial charge on any atom is -0.368 e. The number of hydrogen-bond acceptors (Lipinski definition) is 5. The maximum Gasteiger partial charge on any atom is 0.244 e. The van der Waals surface area contributed by atoms with Gasteiger partial charge in [0, 0.05) is 37.8 Å². The molecule has 0 unspecified atom stereocenters. The topological polar surface area (TPSA) is 83.4 Å². The van der Waals surface area contributed by atoms with Gasteiger partial charge in [-0.1, -0.05) is 29.8 Å². The Hall–Kier alpha value is -2.90. The van der Waals surface area contributed by atoms with Crippen LogP contribution in [-0.4, -0.2) is 57.9 Å². The van der Waals surface area contributed by atoms with Gasteiger partial charge in [-0.3, -0.25) is 9.59 Å². The molecule has 0 bridgehead atoms. The Kier molecular flexibility index (Phi) is 5.04. The summed E-state index contributed by atoms with van der Waals surface area (Å²) in [6.45, 7) is 3.14. The van der Waals surface area contributed by atoms with E-state index < -0.39 is 0 Å². The molecule has 8 heteroatoms. The van der Waals surface area contributed by atoms with Crippen molar-refractivity contribution >= 4 is 23.3 Å². The molecule has 2 aromatic rings. The Morgan fingerprint density at radius 1 is 1.07 bits per heavy atom. The summed E-state index contributed by atoms with van der Waals surface area (Å²) in [6, 6.07) is 10.2. The van der Waals surface area contributed by atoms with E-state index in [0.29, 0.717) is 18.9 Å². The average molecular weight is 368 g/mol. The number of nitrogens with one attached hydrogen (secondary N) is 1. The highest BCUT2D eigenvalue weighted by atomic mass is 16.2. The van der Waals surface area contributed by atoms with Gasteiger partial charge in [0.1, 0.15) is 6.54 Å². The van der Waals surface area contributed by atoms with Crippen LogP contribution in [0.2, 0.25) is 0 Å². The molecule has 2 heterocycles. The summed E-state index contributed by atoms with van der Waals surface area (Å²) in [5.74, 6) is 0.521. The second-order valence-electron chi connectivity index (χ2n) is 7.12. The molecule has 0 spiro atoms. The van der Waals surface area contributed by atoms with E-state index in [4.69, 9.17) is 0 Å². The van der Waals surface area contributed by atoms with Crippen LogP contribution < -0.4 is 10.2 Å². The van der Waals surface area contributed by atoms with Crippen molar-refractivity contribution in [3.63, 3.8) is 0 Å². The van der Waals surface area contributed by atoms with Gasteiger partial charge in [-0.05, 0) is 25.0 Å². The Balaban J connectivity index is 1.26. The predicted molar refractivity (Wildman–Crippen MR) is 101 cm³/mol. The number of carbonyl (C=O) groups excluding carboxylic acids is 2. The first kappa shape index (κ1) is 17.5. The second kappa shape index (κ2) is 7.77. The molecule has 142 valence electrons. The smallest absolute Gasteiger partial charge is 0.244 e. The van der Waals surface area contributed by atoms with Crippen LogP contribution in [0.3, 0.4) is 0 Å². The van der Waals surface area contributed by atoms with Gasteiger partial charge >= 0.3 is 0 Å². The van der Waals surface area contributed by atoms with Gasteiger partial charge in [-0.2, -0.15) is 0 Å². The monoisotopic (exact) mass is 368 g/mol. The molecule has 27 heavy (non-hydrogen) atoms. The minimum absolute atomic E-state index is 0.00309. The van der Waals surface area contributed by atoms with Crippen LogP contribution in [0.4, 0.5) is 11.5 Å². The summed E-state index contributed by atoms with van der Waals surface area (Å²) in [4.78, 5) is 28.6. The fourth-order valence-electron chi connectivity index (χ4n) is 3.42. The molecule has 1 aliphatic heterocycles. The van der Waals surface area contributed by atoms with Gasteiger partial charge in [0.25, 0.3) is 0 Å². The summed E-state index contributed by atoms with van der Waals surface area (Å²) in [6.07, 6.45) is 4.60. The van der Waals surface area contributed by atoms with E-state index >= 15 is 0 Å². The number of anilines is 2. The van der Waals surface area contributed by atoms with Crippen LogP contribution >= 0.6 is 0 Å². The van der Waals surface area contributed by atoms with E-state index in [1.807, 2.05) is 23.1 Å². The molecule has 1 aliphatic carbocycles. The van der Waals surface area contributed by atoms with Gasteiger partial charge in [0.2, 0.25) is 11.8 Å². The molecular weight excluding hydrogens is 344 g/mol. The summed E-state index contributed by atoms with van der Waals surface area (Å²) >= 11 is 0. The SMILES string of the molecule is O=C(Nc1cn(CC(=O)N2CCN(c3ccccc3)CC2)nn1)C1CCC1. The zero-order chi connectivity index (χ0) is 18.6. The Morgan fingerprint density at radius 3 is 2.48 bits per heavy atom. The second-order valence-corrected chi connectivity index (χ2v) is 7.12. The number of rotatable bonds is 5. The van der Waals surface area contributed by atoms with Crippen LogP contribution in [0.15, 0.2) is 36.5 Å². The molecule has 4 rings (SSSR count). The minimum atomic E-state index is -0.00309. The zero-order valence-electron chi connectivity index (χ0n) is 15.3. The standard InChI is InChI=1S/C19H24N6O2/c26-18(24-11-9-23(10-12-24)16-7-2-1-3-8-16)14-25-13-17(21-22-25)20-19(27)15-5-4-6-15/h1-3,7-8,13,15H,4-6,9-12,14H2,(H,20,27). The first-order valence-corrected chi connectivity index (χ1v) is 9.48. The molecule has 1 N–H and O–H groups in total. The average Bonchev–Trinajstić information content (AvgIpc) is 3.07. The van der Waals surface area contributed by atoms with Crippen LogP contribution in [0.25, 0.3) is 0 Å². The molecule has 0 atom stereocenters. The van der Waals surface area contributed by atoms with E-state index in [1.165, 1.54) is 10.4 Å². The maximum absolute atomic E-state index is 12.5. The molecule has 0 radical (unpaired) electrons. The number of piperazine rings is 1. The van der Waals surface area contributed by atoms with E-state index in [0.717, 1.165) is 32.4 Å². The highest BCUT2D eigenvalue weighted by Crippen LogP contribution is 2.27. The fraction of sp³-hybridized carbons (Fsp3) is 0.474. The van der Waals surface area contributed by atoms with Gasteiger partial charge in [0.05, 0.1) is 6.20 Å². The summed E-state index contributed by atoms with van der Waals surface area (Å²) in [7, 11) is 0. The van der Waals surface area contributed by atoms with Crippen LogP contribution in [0, 0.1) is 5.92 Å². The lowest BCUT2D eigenvalue weighted by atomic mass is 9.85. The number of amides is 2. The molecule has 2 fully saturated rings. The van der Waals surface area contributed by atoms with Crippen molar-refractivity contribution in [2.24, 2.45) is 5.92 Å². The molecule has 1 aromatic heterocycles. The van der Waals surface area contributed by atoms with E-state index in [-0.39, 0.29) is 24.3 Å². The molecule has 1 saturated heterocycles. The Morgan fingerprint density at radius 2 is 1.81 bits per heavy atom. The summed E-state index contributed by atoms with van der Waals surface area (Å²) in [5, 5.41) is 10.7. The molecule has 8 nitrogen and oxygen atoms in total. The normalized spacial score (nSPS) is 17.5. The van der Waals surface area contributed by atoms with Crippen molar-refractivity contribution in [2.75, 3.05) is 36.4 Å². The number of benzene rings is 1. The van der Waals surface area contributed by atoms with Crippen LogP contribution in [-0.2, 0) is 16.1 Å². The number of aromatic nitrogens is 3. The lowest BCUT2D eigenvalue weighted by Crippen LogP contribution is -2.49. The van der Waals surface area contributed by atoms with Gasteiger partial charge in [-0.25, -0.2) is 4.68 Å². The molecular formula is C19H24N6O2. The largest absolute Gasteiger partial charge is 0.368 e. The first-order valence-electron chi connectivity index (χ1n) is 9.48. The number of hydrogen-bond donors (Lipinski definition) is 1. The number of para-hydroxylation sites is 1. The quantitative estimate of drug-likeness (QED) is 0.862. The lowest BCUT2D eigenvalue weighted by molar-refractivity contribution is -0.132. The van der Waals surface area contributed by atoms with E-state index in [9.17, 15) is 9.59 Å². The third-order valence-electron chi connectivity index (χ3n) is 5.32. The van der Waals surface area contributed by atoms with E-state index in [1.54, 1.807) is 6.20 Å². The zero-order valence-corrected chi connectivity index (χ0v) is 15.3. The van der Waals surface area contributed by atoms with E-state index in [2.05, 4.69) is 32.7 Å². The lowest BCUT2D eigenvalue weighted by Gasteiger charge is -2.36. The molecule has 2 aliphatic rings. The fourth-order valence-corrected chi connectivity index (χ4v) is 3.42. The third kappa shape index (κ3) is 4.10. The number of nitrogens with zero attached hydrogens (tertiary/aromatic N) is 5. The van der Waals surface area contributed by atoms with Crippen molar-refractivity contribution in [3.05, 3.63) is 36.5 Å². The molecule has 2 amide bonds. The van der Waals surface area contributed by atoms with Crippen molar-refractivity contribution in [2.45, 2.75) is 25.8 Å². The van der Waals surface area contributed by atoms with Crippen molar-refractivity contribution in [1.29, 1.82) is 0 Å². The highest BCUT2D eigenvalue weighted by molar-refractivity contribution is 5.92. The first-order chi connectivity index (χ1) is 13.2. The van der Waals surface area contributed by atoms with Crippen molar-refractivity contribution < 1.29 is 9.59 Å². The summed E-state index contributed by atoms with van der Waals surface area (Å²) in [5.41, 5.74) is 1.19. The van der Waals surface area contributed by atoms with Crippen LogP contribution in [0.1, 0.15) is 19.3 Å².